The Bertz CT molecular complexity index is 762. The minimum atomic E-state index is -0.335. The molecular formula is C20H22FNO3. The Morgan fingerprint density at radius 3 is 2.64 bits per heavy atom. The number of nitrogens with zero attached hydrogens (tertiary/aromatic N) is 1. The molecule has 0 saturated carbocycles. The van der Waals surface area contributed by atoms with Crippen molar-refractivity contribution >= 4 is 5.91 Å². The molecule has 4 nitrogen and oxygen atoms in total. The summed E-state index contributed by atoms with van der Waals surface area (Å²) >= 11 is 0. The third kappa shape index (κ3) is 3.60. The van der Waals surface area contributed by atoms with Crippen LogP contribution in [0.3, 0.4) is 0 Å². The van der Waals surface area contributed by atoms with E-state index in [2.05, 4.69) is 0 Å². The summed E-state index contributed by atoms with van der Waals surface area (Å²) in [6.07, 6.45) is 1.90. The van der Waals surface area contributed by atoms with Gasteiger partial charge in [0.2, 0.25) is 5.91 Å². The molecule has 1 aliphatic heterocycles. The summed E-state index contributed by atoms with van der Waals surface area (Å²) in [5.74, 6) is 0.919. The second-order valence-electron chi connectivity index (χ2n) is 6.13. The number of methoxy groups -OCH3 is 2. The van der Waals surface area contributed by atoms with E-state index >= 15 is 0 Å². The number of benzene rings is 2. The van der Waals surface area contributed by atoms with Crippen molar-refractivity contribution in [2.45, 2.75) is 25.3 Å². The van der Waals surface area contributed by atoms with E-state index in [-0.39, 0.29) is 24.2 Å². The molecule has 0 spiro atoms. The van der Waals surface area contributed by atoms with Gasteiger partial charge in [-0.3, -0.25) is 4.79 Å². The fourth-order valence-electron chi connectivity index (χ4n) is 3.38. The van der Waals surface area contributed by atoms with Gasteiger partial charge >= 0.3 is 0 Å². The molecule has 0 bridgehead atoms. The highest BCUT2D eigenvalue weighted by molar-refractivity contribution is 5.79. The van der Waals surface area contributed by atoms with Crippen LogP contribution >= 0.6 is 0 Å². The first-order valence-corrected chi connectivity index (χ1v) is 8.39. The van der Waals surface area contributed by atoms with Gasteiger partial charge in [-0.2, -0.15) is 0 Å². The van der Waals surface area contributed by atoms with E-state index in [1.165, 1.54) is 6.07 Å². The average molecular weight is 343 g/mol. The summed E-state index contributed by atoms with van der Waals surface area (Å²) in [6.45, 7) is 0.687. The maximum atomic E-state index is 13.8. The van der Waals surface area contributed by atoms with Crippen LogP contribution in [0.1, 0.15) is 30.0 Å². The van der Waals surface area contributed by atoms with Crippen LogP contribution in [0.5, 0.6) is 11.5 Å². The summed E-state index contributed by atoms with van der Waals surface area (Å²) in [4.78, 5) is 14.6. The predicted molar refractivity (Wildman–Crippen MR) is 93.3 cm³/mol. The lowest BCUT2D eigenvalue weighted by atomic mass is 10.0. The first-order chi connectivity index (χ1) is 12.1. The molecule has 5 heteroatoms. The summed E-state index contributed by atoms with van der Waals surface area (Å²) in [5, 5.41) is 0. The van der Waals surface area contributed by atoms with Crippen LogP contribution < -0.4 is 9.47 Å². The second kappa shape index (κ2) is 7.55. The molecule has 1 heterocycles. The standard InChI is InChI=1S/C20H22FNO3/c1-24-18-10-9-15(12-19(18)25-2)17-8-5-11-22(17)20(23)13-14-6-3-4-7-16(14)21/h3-4,6-7,9-10,12,17H,5,8,11,13H2,1-2H3. The highest BCUT2D eigenvalue weighted by Crippen LogP contribution is 2.37. The number of hydrogen-bond donors (Lipinski definition) is 0. The molecule has 2 aromatic carbocycles. The highest BCUT2D eigenvalue weighted by Gasteiger charge is 2.30. The van der Waals surface area contributed by atoms with E-state index in [0.717, 1.165) is 18.4 Å². The molecule has 0 aromatic heterocycles. The van der Waals surface area contributed by atoms with E-state index in [1.54, 1.807) is 32.4 Å². The zero-order valence-electron chi connectivity index (χ0n) is 14.5. The van der Waals surface area contributed by atoms with Crippen LogP contribution in [0, 0.1) is 5.82 Å². The zero-order chi connectivity index (χ0) is 17.8. The summed E-state index contributed by atoms with van der Waals surface area (Å²) in [6, 6.07) is 12.1. The van der Waals surface area contributed by atoms with Crippen LogP contribution in [0.15, 0.2) is 42.5 Å². The van der Waals surface area contributed by atoms with Crippen molar-refractivity contribution in [3.8, 4) is 11.5 Å². The fourth-order valence-corrected chi connectivity index (χ4v) is 3.38. The Hall–Kier alpha value is -2.56. The molecule has 132 valence electrons. The van der Waals surface area contributed by atoms with Gasteiger partial charge in [0.1, 0.15) is 5.82 Å². The lowest BCUT2D eigenvalue weighted by Crippen LogP contribution is -2.32. The molecule has 25 heavy (non-hydrogen) atoms. The molecular weight excluding hydrogens is 321 g/mol. The Kier molecular flexibility index (Phi) is 5.22. The first kappa shape index (κ1) is 17.3. The van der Waals surface area contributed by atoms with Crippen LogP contribution in [-0.2, 0) is 11.2 Å². The number of carbonyl (C=O) groups excluding carboxylic acids is 1. The molecule has 1 amide bonds. The molecule has 1 fully saturated rings. The summed E-state index contributed by atoms with van der Waals surface area (Å²) in [5.41, 5.74) is 1.45. The summed E-state index contributed by atoms with van der Waals surface area (Å²) < 4.78 is 24.5. The van der Waals surface area contributed by atoms with Crippen LogP contribution in [0.4, 0.5) is 4.39 Å². The van der Waals surface area contributed by atoms with Gasteiger partial charge in [-0.1, -0.05) is 24.3 Å². The Labute approximate surface area is 147 Å². The molecule has 0 aliphatic carbocycles. The monoisotopic (exact) mass is 343 g/mol. The van der Waals surface area contributed by atoms with E-state index in [4.69, 9.17) is 9.47 Å². The van der Waals surface area contributed by atoms with Gasteiger partial charge in [-0.25, -0.2) is 4.39 Å². The maximum Gasteiger partial charge on any atom is 0.227 e. The lowest BCUT2D eigenvalue weighted by molar-refractivity contribution is -0.131. The quantitative estimate of drug-likeness (QED) is 0.830. The smallest absolute Gasteiger partial charge is 0.227 e. The van der Waals surface area contributed by atoms with E-state index in [9.17, 15) is 9.18 Å². The van der Waals surface area contributed by atoms with Crippen LogP contribution in [0.2, 0.25) is 0 Å². The Balaban J connectivity index is 1.80. The minimum absolute atomic E-state index is 0.0147. The van der Waals surface area contributed by atoms with E-state index < -0.39 is 0 Å². The van der Waals surface area contributed by atoms with Crippen molar-refractivity contribution in [2.24, 2.45) is 0 Å². The van der Waals surface area contributed by atoms with Gasteiger partial charge < -0.3 is 14.4 Å². The topological polar surface area (TPSA) is 38.8 Å². The average Bonchev–Trinajstić information content (AvgIpc) is 3.13. The largest absolute Gasteiger partial charge is 0.493 e. The van der Waals surface area contributed by atoms with Gasteiger partial charge in [0.05, 0.1) is 26.7 Å². The van der Waals surface area contributed by atoms with Crippen molar-refractivity contribution in [3.05, 3.63) is 59.4 Å². The third-order valence-corrected chi connectivity index (χ3v) is 4.67. The molecule has 1 atom stereocenters. The number of ether oxygens (including phenoxy) is 2. The molecule has 3 rings (SSSR count). The molecule has 1 saturated heterocycles. The Morgan fingerprint density at radius 2 is 1.92 bits per heavy atom. The molecule has 0 radical (unpaired) electrons. The van der Waals surface area contributed by atoms with Crippen molar-refractivity contribution in [1.29, 1.82) is 0 Å². The van der Waals surface area contributed by atoms with Gasteiger partial charge in [0, 0.05) is 6.54 Å². The first-order valence-electron chi connectivity index (χ1n) is 8.39. The second-order valence-corrected chi connectivity index (χ2v) is 6.13. The Morgan fingerprint density at radius 1 is 1.16 bits per heavy atom. The van der Waals surface area contributed by atoms with Gasteiger partial charge in [0.15, 0.2) is 11.5 Å². The number of amides is 1. The normalized spacial score (nSPS) is 16.8. The van der Waals surface area contributed by atoms with Crippen LogP contribution in [0.25, 0.3) is 0 Å². The van der Waals surface area contributed by atoms with E-state index in [1.807, 2.05) is 23.1 Å². The van der Waals surface area contributed by atoms with Crippen molar-refractivity contribution in [2.75, 3.05) is 20.8 Å². The van der Waals surface area contributed by atoms with Gasteiger partial charge in [0.25, 0.3) is 0 Å². The molecule has 2 aromatic rings. The number of likely N-dealkylation sites (tertiary alicyclic amines) is 1. The lowest BCUT2D eigenvalue weighted by Gasteiger charge is -2.26. The zero-order valence-corrected chi connectivity index (χ0v) is 14.5. The van der Waals surface area contributed by atoms with E-state index in [0.29, 0.717) is 23.6 Å². The number of rotatable bonds is 5. The fraction of sp³-hybridized carbons (Fsp3) is 0.350. The maximum absolute atomic E-state index is 13.8. The molecule has 1 aliphatic rings. The molecule has 1 unspecified atom stereocenters. The van der Waals surface area contributed by atoms with Crippen molar-refractivity contribution in [3.63, 3.8) is 0 Å². The van der Waals surface area contributed by atoms with Crippen molar-refractivity contribution < 1.29 is 18.7 Å². The highest BCUT2D eigenvalue weighted by atomic mass is 19.1. The minimum Gasteiger partial charge on any atom is -0.493 e. The number of carbonyl (C=O) groups is 1. The predicted octanol–water partition coefficient (Wildman–Crippen LogP) is 3.75. The SMILES string of the molecule is COc1ccc(C2CCCN2C(=O)Cc2ccccc2F)cc1OC. The molecule has 0 N–H and O–H groups in total. The van der Waals surface area contributed by atoms with Gasteiger partial charge in [-0.15, -0.1) is 0 Å². The number of halogens is 1. The van der Waals surface area contributed by atoms with Crippen LogP contribution in [-0.4, -0.2) is 31.6 Å². The van der Waals surface area contributed by atoms with Crippen molar-refractivity contribution in [1.82, 2.24) is 4.90 Å². The van der Waals surface area contributed by atoms with Gasteiger partial charge in [-0.05, 0) is 42.2 Å². The third-order valence-electron chi connectivity index (χ3n) is 4.67. The number of hydrogen-bond acceptors (Lipinski definition) is 3. The summed E-state index contributed by atoms with van der Waals surface area (Å²) in [7, 11) is 3.19.